The minimum Gasteiger partial charge on any atom is -0.503 e. The summed E-state index contributed by atoms with van der Waals surface area (Å²) in [5.74, 6) is -2.02. The van der Waals surface area contributed by atoms with Crippen LogP contribution in [-0.4, -0.2) is 37.8 Å². The number of ketones is 1. The lowest BCUT2D eigenvalue weighted by Gasteiger charge is -2.26. The standard InChI is InChI=1S/C18H18FN3O3/c1-12(23)15-16(13-4-2-5-14(19)10-13)22(18(25)17(15)24)8-3-7-21-9-6-20-11-21/h2,4-6,9-11,16,24H,3,7-8H2,1H3/t16-/m1/s1. The fourth-order valence-corrected chi connectivity index (χ4v) is 3.11. The molecule has 1 aliphatic rings. The molecule has 0 radical (unpaired) electrons. The summed E-state index contributed by atoms with van der Waals surface area (Å²) < 4.78 is 15.5. The van der Waals surface area contributed by atoms with E-state index in [1.807, 2.05) is 10.8 Å². The summed E-state index contributed by atoms with van der Waals surface area (Å²) in [6.45, 7) is 2.25. The lowest BCUT2D eigenvalue weighted by Crippen LogP contribution is -2.32. The van der Waals surface area contributed by atoms with Crippen molar-refractivity contribution in [3.63, 3.8) is 0 Å². The molecule has 1 N–H and O–H groups in total. The van der Waals surface area contributed by atoms with Gasteiger partial charge in [0.25, 0.3) is 5.91 Å². The van der Waals surface area contributed by atoms with Crippen LogP contribution in [0.25, 0.3) is 0 Å². The number of aryl methyl sites for hydroxylation is 1. The van der Waals surface area contributed by atoms with Gasteiger partial charge in [-0.3, -0.25) is 9.59 Å². The van der Waals surface area contributed by atoms with Crippen LogP contribution in [0.15, 0.2) is 54.3 Å². The number of aromatic nitrogens is 2. The number of rotatable bonds is 6. The van der Waals surface area contributed by atoms with Crippen molar-refractivity contribution >= 4 is 11.7 Å². The number of nitrogens with zero attached hydrogens (tertiary/aromatic N) is 3. The van der Waals surface area contributed by atoms with Gasteiger partial charge in [0.2, 0.25) is 0 Å². The first-order valence-corrected chi connectivity index (χ1v) is 7.95. The molecule has 1 atom stereocenters. The Hall–Kier alpha value is -2.96. The zero-order valence-corrected chi connectivity index (χ0v) is 13.7. The molecule has 1 amide bonds. The number of hydrogen-bond acceptors (Lipinski definition) is 4. The Kier molecular flexibility index (Phi) is 4.65. The highest BCUT2D eigenvalue weighted by atomic mass is 19.1. The predicted octanol–water partition coefficient (Wildman–Crippen LogP) is 2.40. The average Bonchev–Trinajstić information content (AvgIpc) is 3.16. The van der Waals surface area contributed by atoms with Gasteiger partial charge in [-0.15, -0.1) is 0 Å². The maximum absolute atomic E-state index is 13.6. The predicted molar refractivity (Wildman–Crippen MR) is 88.0 cm³/mol. The second kappa shape index (κ2) is 6.88. The third kappa shape index (κ3) is 3.31. The largest absolute Gasteiger partial charge is 0.503 e. The van der Waals surface area contributed by atoms with Crippen LogP contribution in [0, 0.1) is 5.82 Å². The maximum Gasteiger partial charge on any atom is 0.290 e. The number of carbonyl (C=O) groups excluding carboxylic acids is 2. The Labute approximate surface area is 144 Å². The molecule has 1 aliphatic heterocycles. The summed E-state index contributed by atoms with van der Waals surface area (Å²) in [6, 6.07) is 4.96. The molecule has 7 heteroatoms. The number of aliphatic hydroxyl groups excluding tert-OH is 1. The van der Waals surface area contributed by atoms with E-state index in [2.05, 4.69) is 4.98 Å². The van der Waals surface area contributed by atoms with Crippen molar-refractivity contribution in [2.24, 2.45) is 0 Å². The summed E-state index contributed by atoms with van der Waals surface area (Å²) in [6.07, 6.45) is 5.75. The highest BCUT2D eigenvalue weighted by Crippen LogP contribution is 2.37. The highest BCUT2D eigenvalue weighted by Gasteiger charge is 2.42. The van der Waals surface area contributed by atoms with Crippen molar-refractivity contribution in [2.75, 3.05) is 6.54 Å². The summed E-state index contributed by atoms with van der Waals surface area (Å²) >= 11 is 0. The number of halogens is 1. The molecule has 0 bridgehead atoms. The van der Waals surface area contributed by atoms with Crippen molar-refractivity contribution in [2.45, 2.75) is 25.9 Å². The molecule has 0 unspecified atom stereocenters. The number of carbonyl (C=O) groups is 2. The lowest BCUT2D eigenvalue weighted by atomic mass is 9.96. The second-order valence-corrected chi connectivity index (χ2v) is 5.93. The number of hydrogen-bond donors (Lipinski definition) is 1. The first kappa shape index (κ1) is 16.9. The lowest BCUT2D eigenvalue weighted by molar-refractivity contribution is -0.129. The Morgan fingerprint density at radius 1 is 1.36 bits per heavy atom. The van der Waals surface area contributed by atoms with Crippen molar-refractivity contribution in [1.29, 1.82) is 0 Å². The van der Waals surface area contributed by atoms with Gasteiger partial charge in [-0.25, -0.2) is 9.37 Å². The maximum atomic E-state index is 13.6. The first-order chi connectivity index (χ1) is 12.0. The van der Waals surface area contributed by atoms with Gasteiger partial charge in [0.05, 0.1) is 17.9 Å². The van der Waals surface area contributed by atoms with E-state index >= 15 is 0 Å². The quantitative estimate of drug-likeness (QED) is 0.874. The van der Waals surface area contributed by atoms with E-state index in [0.717, 1.165) is 0 Å². The van der Waals surface area contributed by atoms with Crippen LogP contribution in [-0.2, 0) is 16.1 Å². The van der Waals surface area contributed by atoms with Gasteiger partial charge in [-0.1, -0.05) is 12.1 Å². The van der Waals surface area contributed by atoms with E-state index in [1.54, 1.807) is 18.6 Å². The van der Waals surface area contributed by atoms with Crippen molar-refractivity contribution in [1.82, 2.24) is 14.5 Å². The number of aliphatic hydroxyl groups is 1. The van der Waals surface area contributed by atoms with Crippen LogP contribution in [0.4, 0.5) is 4.39 Å². The molecule has 1 aromatic heterocycles. The minimum absolute atomic E-state index is 0.0123. The van der Waals surface area contributed by atoms with Gasteiger partial charge in [0, 0.05) is 25.5 Å². The van der Waals surface area contributed by atoms with Crippen molar-refractivity contribution in [3.05, 3.63) is 65.7 Å². The third-order valence-electron chi connectivity index (χ3n) is 4.22. The van der Waals surface area contributed by atoms with Crippen LogP contribution >= 0.6 is 0 Å². The number of amides is 1. The smallest absolute Gasteiger partial charge is 0.290 e. The van der Waals surface area contributed by atoms with Crippen LogP contribution in [0.3, 0.4) is 0 Å². The fraction of sp³-hybridized carbons (Fsp3) is 0.278. The molecule has 0 fully saturated rings. The van der Waals surface area contributed by atoms with Gasteiger partial charge in [-0.2, -0.15) is 0 Å². The molecule has 25 heavy (non-hydrogen) atoms. The Bertz CT molecular complexity index is 830. The Balaban J connectivity index is 1.87. The first-order valence-electron chi connectivity index (χ1n) is 7.95. The zero-order valence-electron chi connectivity index (χ0n) is 13.7. The van der Waals surface area contributed by atoms with E-state index in [1.165, 1.54) is 30.0 Å². The average molecular weight is 343 g/mol. The summed E-state index contributed by atoms with van der Waals surface area (Å²) in [7, 11) is 0. The zero-order chi connectivity index (χ0) is 18.0. The normalized spacial score (nSPS) is 17.4. The van der Waals surface area contributed by atoms with Crippen LogP contribution in [0.5, 0.6) is 0 Å². The monoisotopic (exact) mass is 343 g/mol. The number of benzene rings is 1. The molecule has 2 heterocycles. The molecule has 2 aromatic rings. The van der Waals surface area contributed by atoms with Crippen LogP contribution < -0.4 is 0 Å². The molecule has 0 saturated carbocycles. The molecule has 6 nitrogen and oxygen atoms in total. The van der Waals surface area contributed by atoms with Gasteiger partial charge >= 0.3 is 0 Å². The minimum atomic E-state index is -0.775. The van der Waals surface area contributed by atoms with E-state index < -0.39 is 29.3 Å². The van der Waals surface area contributed by atoms with Crippen LogP contribution in [0.1, 0.15) is 24.9 Å². The third-order valence-corrected chi connectivity index (χ3v) is 4.22. The van der Waals surface area contributed by atoms with E-state index in [0.29, 0.717) is 25.1 Å². The topological polar surface area (TPSA) is 75.4 Å². The summed E-state index contributed by atoms with van der Waals surface area (Å²) in [5, 5.41) is 10.1. The molecular formula is C18H18FN3O3. The summed E-state index contributed by atoms with van der Waals surface area (Å²) in [4.78, 5) is 29.8. The fourth-order valence-electron chi connectivity index (χ4n) is 3.11. The Morgan fingerprint density at radius 3 is 2.80 bits per heavy atom. The molecule has 1 aromatic carbocycles. The number of Topliss-reactive ketones (excluding diaryl/α,β-unsaturated/α-hetero) is 1. The van der Waals surface area contributed by atoms with E-state index in [-0.39, 0.29) is 5.57 Å². The van der Waals surface area contributed by atoms with Gasteiger partial charge in [-0.05, 0) is 31.0 Å². The summed E-state index contributed by atoms with van der Waals surface area (Å²) in [5.41, 5.74) is 0.475. The van der Waals surface area contributed by atoms with Crippen molar-refractivity contribution in [3.8, 4) is 0 Å². The molecule has 0 saturated heterocycles. The Morgan fingerprint density at radius 2 is 2.16 bits per heavy atom. The van der Waals surface area contributed by atoms with Gasteiger partial charge in [0.1, 0.15) is 5.82 Å². The van der Waals surface area contributed by atoms with E-state index in [9.17, 15) is 19.1 Å². The molecule has 0 spiro atoms. The molecular weight excluding hydrogens is 325 g/mol. The van der Waals surface area contributed by atoms with Crippen molar-refractivity contribution < 1.29 is 19.1 Å². The second-order valence-electron chi connectivity index (χ2n) is 5.93. The molecule has 3 rings (SSSR count). The van der Waals surface area contributed by atoms with Gasteiger partial charge in [0.15, 0.2) is 11.5 Å². The highest BCUT2D eigenvalue weighted by molar-refractivity contribution is 6.08. The van der Waals surface area contributed by atoms with E-state index in [4.69, 9.17) is 0 Å². The van der Waals surface area contributed by atoms with Crippen LogP contribution in [0.2, 0.25) is 0 Å². The van der Waals surface area contributed by atoms with Gasteiger partial charge < -0.3 is 14.6 Å². The molecule has 0 aliphatic carbocycles. The molecule has 130 valence electrons. The number of imidazole rings is 1. The SMILES string of the molecule is CC(=O)C1=C(O)C(=O)N(CCCn2ccnc2)[C@@H]1c1cccc(F)c1.